The molecule has 0 atom stereocenters. The van der Waals surface area contributed by atoms with Crippen LogP contribution in [-0.4, -0.2) is 18.1 Å². The highest BCUT2D eigenvalue weighted by Crippen LogP contribution is 2.15. The first-order valence-corrected chi connectivity index (χ1v) is 7.70. The Labute approximate surface area is 118 Å². The number of nitrogens with zero attached hydrogens (tertiary/aromatic N) is 1. The molecule has 2 aromatic rings. The minimum absolute atomic E-state index is 0.943. The second kappa shape index (κ2) is 6.28. The molecule has 0 saturated carbocycles. The van der Waals surface area contributed by atoms with Gasteiger partial charge in [0.1, 0.15) is 0 Å². The lowest BCUT2D eigenvalue weighted by Crippen LogP contribution is -2.24. The van der Waals surface area contributed by atoms with Crippen LogP contribution in [0.5, 0.6) is 0 Å². The molecular weight excluding hydrogens is 254 g/mol. The Kier molecular flexibility index (Phi) is 4.23. The maximum Gasteiger partial charge on any atom is 0.0937 e. The van der Waals surface area contributed by atoms with E-state index in [9.17, 15) is 0 Å². The number of thiazole rings is 1. The summed E-state index contributed by atoms with van der Waals surface area (Å²) in [5, 5.41) is 10.2. The minimum Gasteiger partial charge on any atom is -0.312 e. The Morgan fingerprint density at radius 3 is 3.21 bits per heavy atom. The molecule has 0 saturated heterocycles. The number of aromatic nitrogens is 1. The molecule has 0 aliphatic carbocycles. The van der Waals surface area contributed by atoms with Crippen LogP contribution >= 0.6 is 11.3 Å². The van der Waals surface area contributed by atoms with E-state index in [-0.39, 0.29) is 0 Å². The van der Waals surface area contributed by atoms with Gasteiger partial charge >= 0.3 is 0 Å². The second-order valence-electron chi connectivity index (χ2n) is 4.88. The van der Waals surface area contributed by atoms with Gasteiger partial charge < -0.3 is 10.6 Å². The normalized spacial score (nSPS) is 14.3. The predicted molar refractivity (Wildman–Crippen MR) is 79.4 cm³/mol. The van der Waals surface area contributed by atoms with E-state index in [4.69, 9.17) is 0 Å². The van der Waals surface area contributed by atoms with E-state index < -0.39 is 0 Å². The van der Waals surface area contributed by atoms with Crippen molar-refractivity contribution in [3.05, 3.63) is 51.5 Å². The number of benzene rings is 1. The molecule has 1 aromatic heterocycles. The zero-order valence-corrected chi connectivity index (χ0v) is 11.8. The van der Waals surface area contributed by atoms with E-state index in [1.54, 1.807) is 11.3 Å². The average molecular weight is 273 g/mol. The summed E-state index contributed by atoms with van der Waals surface area (Å²) in [6.45, 7) is 4.06. The highest BCUT2D eigenvalue weighted by atomic mass is 32.1. The van der Waals surface area contributed by atoms with Crippen molar-refractivity contribution in [2.45, 2.75) is 25.9 Å². The van der Waals surface area contributed by atoms with Gasteiger partial charge in [-0.1, -0.05) is 18.2 Å². The third-order valence-electron chi connectivity index (χ3n) is 3.49. The quantitative estimate of drug-likeness (QED) is 0.819. The molecule has 3 nitrogen and oxygen atoms in total. The first kappa shape index (κ1) is 12.8. The molecule has 0 amide bonds. The molecule has 1 aromatic carbocycles. The maximum atomic E-state index is 4.29. The molecule has 2 heterocycles. The van der Waals surface area contributed by atoms with Crippen LogP contribution in [0, 0.1) is 0 Å². The molecule has 2 N–H and O–H groups in total. The lowest BCUT2D eigenvalue weighted by molar-refractivity contribution is 0.639. The van der Waals surface area contributed by atoms with Crippen LogP contribution in [0.3, 0.4) is 0 Å². The Morgan fingerprint density at radius 2 is 2.32 bits per heavy atom. The van der Waals surface area contributed by atoms with Gasteiger partial charge in [-0.15, -0.1) is 11.3 Å². The molecule has 4 heteroatoms. The molecule has 1 aliphatic rings. The van der Waals surface area contributed by atoms with Crippen molar-refractivity contribution in [3.63, 3.8) is 0 Å². The summed E-state index contributed by atoms with van der Waals surface area (Å²) in [4.78, 5) is 4.29. The molecule has 0 spiro atoms. The van der Waals surface area contributed by atoms with Gasteiger partial charge in [-0.05, 0) is 29.7 Å². The van der Waals surface area contributed by atoms with Gasteiger partial charge in [-0.25, -0.2) is 4.98 Å². The fraction of sp³-hybridized carbons (Fsp3) is 0.400. The van der Waals surface area contributed by atoms with E-state index >= 15 is 0 Å². The summed E-state index contributed by atoms with van der Waals surface area (Å²) in [5.74, 6) is 0. The number of hydrogen-bond acceptors (Lipinski definition) is 4. The maximum absolute atomic E-state index is 4.29. The summed E-state index contributed by atoms with van der Waals surface area (Å²) < 4.78 is 0. The summed E-state index contributed by atoms with van der Waals surface area (Å²) in [6, 6.07) is 6.87. The fourth-order valence-corrected chi connectivity index (χ4v) is 3.07. The number of fused-ring (bicyclic) bond motifs is 1. The summed E-state index contributed by atoms with van der Waals surface area (Å²) in [5.41, 5.74) is 4.34. The van der Waals surface area contributed by atoms with Crippen LogP contribution in [-0.2, 0) is 25.9 Å². The van der Waals surface area contributed by atoms with Gasteiger partial charge in [0, 0.05) is 37.6 Å². The molecule has 1 aliphatic heterocycles. The van der Waals surface area contributed by atoms with Crippen molar-refractivity contribution in [3.8, 4) is 0 Å². The summed E-state index contributed by atoms with van der Waals surface area (Å²) >= 11 is 1.73. The van der Waals surface area contributed by atoms with Crippen molar-refractivity contribution in [2.75, 3.05) is 13.1 Å². The van der Waals surface area contributed by atoms with Crippen LogP contribution in [0.4, 0.5) is 0 Å². The number of rotatable bonds is 5. The standard InChI is InChI=1S/C15H19N3S/c1-2-13-3-5-17-11-14(13)9-12(1)10-16-6-4-15-18-7-8-19-15/h1-2,7-9,16-17H,3-6,10-11H2. The van der Waals surface area contributed by atoms with Crippen LogP contribution in [0.25, 0.3) is 0 Å². The van der Waals surface area contributed by atoms with Crippen LogP contribution in [0.1, 0.15) is 21.7 Å². The topological polar surface area (TPSA) is 37.0 Å². The first-order chi connectivity index (χ1) is 9.42. The van der Waals surface area contributed by atoms with Crippen molar-refractivity contribution < 1.29 is 0 Å². The molecule has 3 rings (SSSR count). The molecule has 0 bridgehead atoms. The highest BCUT2D eigenvalue weighted by Gasteiger charge is 2.08. The lowest BCUT2D eigenvalue weighted by Gasteiger charge is -2.18. The fourth-order valence-electron chi connectivity index (χ4n) is 2.45. The largest absolute Gasteiger partial charge is 0.312 e. The average Bonchev–Trinajstić information content (AvgIpc) is 2.97. The van der Waals surface area contributed by atoms with Gasteiger partial charge in [0.05, 0.1) is 5.01 Å². The Bertz CT molecular complexity index is 522. The zero-order chi connectivity index (χ0) is 12.9. The van der Waals surface area contributed by atoms with Crippen LogP contribution in [0.2, 0.25) is 0 Å². The molecule has 0 unspecified atom stereocenters. The smallest absolute Gasteiger partial charge is 0.0937 e. The van der Waals surface area contributed by atoms with Gasteiger partial charge in [0.15, 0.2) is 0 Å². The van der Waals surface area contributed by atoms with Gasteiger partial charge in [-0.2, -0.15) is 0 Å². The summed E-state index contributed by atoms with van der Waals surface area (Å²) in [7, 11) is 0. The molecule has 100 valence electrons. The molecule has 19 heavy (non-hydrogen) atoms. The molecular formula is C15H19N3S. The van der Waals surface area contributed by atoms with Gasteiger partial charge in [0.2, 0.25) is 0 Å². The third kappa shape index (κ3) is 3.41. The van der Waals surface area contributed by atoms with E-state index in [1.165, 1.54) is 21.7 Å². The lowest BCUT2D eigenvalue weighted by atomic mass is 9.98. The molecule has 0 fully saturated rings. The second-order valence-corrected chi connectivity index (χ2v) is 5.86. The first-order valence-electron chi connectivity index (χ1n) is 6.82. The molecule has 0 radical (unpaired) electrons. The van der Waals surface area contributed by atoms with Gasteiger partial charge in [-0.3, -0.25) is 0 Å². The van der Waals surface area contributed by atoms with E-state index in [0.717, 1.165) is 39.0 Å². The Balaban J connectivity index is 1.50. The van der Waals surface area contributed by atoms with Crippen molar-refractivity contribution >= 4 is 11.3 Å². The van der Waals surface area contributed by atoms with Crippen molar-refractivity contribution in [2.24, 2.45) is 0 Å². The van der Waals surface area contributed by atoms with Crippen molar-refractivity contribution in [1.82, 2.24) is 15.6 Å². The minimum atomic E-state index is 0.943. The van der Waals surface area contributed by atoms with E-state index in [1.807, 2.05) is 11.6 Å². The summed E-state index contributed by atoms with van der Waals surface area (Å²) in [6.07, 6.45) is 4.05. The van der Waals surface area contributed by atoms with E-state index in [2.05, 4.69) is 33.8 Å². The van der Waals surface area contributed by atoms with Crippen molar-refractivity contribution in [1.29, 1.82) is 0 Å². The van der Waals surface area contributed by atoms with Gasteiger partial charge in [0.25, 0.3) is 0 Å². The zero-order valence-electron chi connectivity index (χ0n) is 11.0. The Morgan fingerprint density at radius 1 is 1.32 bits per heavy atom. The highest BCUT2D eigenvalue weighted by molar-refractivity contribution is 7.09. The third-order valence-corrected chi connectivity index (χ3v) is 4.32. The number of hydrogen-bond donors (Lipinski definition) is 2. The monoisotopic (exact) mass is 273 g/mol. The predicted octanol–water partition coefficient (Wildman–Crippen LogP) is 2.12. The van der Waals surface area contributed by atoms with Crippen LogP contribution < -0.4 is 10.6 Å². The van der Waals surface area contributed by atoms with Crippen LogP contribution in [0.15, 0.2) is 29.8 Å². The Hall–Kier alpha value is -1.23. The van der Waals surface area contributed by atoms with E-state index in [0.29, 0.717) is 0 Å². The number of nitrogens with one attached hydrogen (secondary N) is 2. The SMILES string of the molecule is c1csc(CCNCc2ccc3c(c2)CNCC3)n1.